The van der Waals surface area contributed by atoms with E-state index in [1.165, 1.54) is 10.8 Å². The molecule has 4 aromatic rings. The van der Waals surface area contributed by atoms with Crippen LogP contribution in [0.5, 0.6) is 11.6 Å². The van der Waals surface area contributed by atoms with E-state index in [4.69, 9.17) is 4.74 Å². The Labute approximate surface area is 177 Å². The maximum atomic E-state index is 12.4. The highest BCUT2D eigenvalue weighted by Gasteiger charge is 2.10. The smallest absolute Gasteiger partial charge is 0.328 e. The van der Waals surface area contributed by atoms with E-state index in [9.17, 15) is 14.4 Å². The Morgan fingerprint density at radius 2 is 1.84 bits per heavy atom. The molecule has 1 amide bonds. The van der Waals surface area contributed by atoms with Gasteiger partial charge in [0.1, 0.15) is 5.75 Å². The van der Waals surface area contributed by atoms with Gasteiger partial charge in [-0.3, -0.25) is 19.1 Å². The third-order valence-electron chi connectivity index (χ3n) is 4.73. The van der Waals surface area contributed by atoms with Gasteiger partial charge < -0.3 is 10.1 Å². The van der Waals surface area contributed by atoms with E-state index in [-0.39, 0.29) is 18.9 Å². The molecule has 0 aliphatic heterocycles. The van der Waals surface area contributed by atoms with Crippen molar-refractivity contribution in [2.45, 2.75) is 19.9 Å². The Hall–Kier alpha value is -4.20. The summed E-state index contributed by atoms with van der Waals surface area (Å²) < 4.78 is 7.05. The van der Waals surface area contributed by atoms with E-state index in [1.54, 1.807) is 36.4 Å². The molecular formula is C23H20N4O4. The number of pyridine rings is 1. The molecule has 4 rings (SSSR count). The van der Waals surface area contributed by atoms with E-state index in [0.717, 1.165) is 5.56 Å². The molecule has 0 aliphatic rings. The van der Waals surface area contributed by atoms with Crippen molar-refractivity contribution in [1.82, 2.24) is 14.5 Å². The normalized spacial score (nSPS) is 10.7. The third kappa shape index (κ3) is 4.69. The summed E-state index contributed by atoms with van der Waals surface area (Å²) in [6, 6.07) is 17.7. The van der Waals surface area contributed by atoms with Crippen LogP contribution in [0, 0.1) is 6.92 Å². The van der Waals surface area contributed by atoms with Crippen LogP contribution in [0.25, 0.3) is 10.9 Å². The average Bonchev–Trinajstić information content (AvgIpc) is 2.76. The number of nitrogens with zero attached hydrogens (tertiary/aromatic N) is 2. The maximum absolute atomic E-state index is 12.4. The Morgan fingerprint density at radius 3 is 2.58 bits per heavy atom. The van der Waals surface area contributed by atoms with Crippen LogP contribution >= 0.6 is 0 Å². The Morgan fingerprint density at radius 1 is 1.06 bits per heavy atom. The van der Waals surface area contributed by atoms with Crippen LogP contribution in [0.2, 0.25) is 0 Å². The molecule has 0 spiro atoms. The summed E-state index contributed by atoms with van der Waals surface area (Å²) in [5, 5.41) is 3.14. The lowest BCUT2D eigenvalue weighted by Gasteiger charge is -2.10. The van der Waals surface area contributed by atoms with E-state index in [2.05, 4.69) is 15.3 Å². The largest absolute Gasteiger partial charge is 0.439 e. The van der Waals surface area contributed by atoms with Crippen LogP contribution in [0.15, 0.2) is 76.4 Å². The summed E-state index contributed by atoms with van der Waals surface area (Å²) in [6.07, 6.45) is 1.56. The second kappa shape index (κ2) is 8.66. The first kappa shape index (κ1) is 20.1. The highest BCUT2D eigenvalue weighted by Crippen LogP contribution is 2.20. The van der Waals surface area contributed by atoms with Gasteiger partial charge in [0.05, 0.1) is 22.8 Å². The molecule has 2 N–H and O–H groups in total. The van der Waals surface area contributed by atoms with E-state index in [0.29, 0.717) is 28.2 Å². The fraction of sp³-hybridized carbons (Fsp3) is 0.130. The lowest BCUT2D eigenvalue weighted by Crippen LogP contribution is -2.31. The van der Waals surface area contributed by atoms with Crippen molar-refractivity contribution in [2.75, 3.05) is 5.32 Å². The summed E-state index contributed by atoms with van der Waals surface area (Å²) in [7, 11) is 0. The molecular weight excluding hydrogens is 396 g/mol. The number of para-hydroxylation sites is 1. The number of rotatable bonds is 6. The first-order valence-electron chi connectivity index (χ1n) is 9.72. The number of fused-ring (bicyclic) bond motifs is 1. The molecule has 0 saturated heterocycles. The average molecular weight is 416 g/mol. The van der Waals surface area contributed by atoms with E-state index >= 15 is 0 Å². The van der Waals surface area contributed by atoms with Crippen LogP contribution in [0.4, 0.5) is 5.69 Å². The van der Waals surface area contributed by atoms with Crippen molar-refractivity contribution in [2.24, 2.45) is 0 Å². The van der Waals surface area contributed by atoms with Gasteiger partial charge in [0.15, 0.2) is 0 Å². The second-order valence-electron chi connectivity index (χ2n) is 7.03. The molecule has 2 aromatic heterocycles. The first-order chi connectivity index (χ1) is 15.0. The Balaban J connectivity index is 1.39. The number of aryl methyl sites for hydroxylation is 2. The molecule has 0 aliphatic carbocycles. The molecule has 0 unspecified atom stereocenters. The van der Waals surface area contributed by atoms with Crippen molar-refractivity contribution >= 4 is 22.5 Å². The zero-order valence-corrected chi connectivity index (χ0v) is 16.8. The molecule has 156 valence electrons. The number of aromatic nitrogens is 3. The summed E-state index contributed by atoms with van der Waals surface area (Å²) in [4.78, 5) is 42.9. The number of aromatic amines is 1. The summed E-state index contributed by atoms with van der Waals surface area (Å²) in [6.45, 7) is 2.12. The lowest BCUT2D eigenvalue weighted by atomic mass is 10.2. The molecule has 0 radical (unpaired) electrons. The lowest BCUT2D eigenvalue weighted by molar-refractivity contribution is -0.116. The minimum absolute atomic E-state index is 0.0531. The van der Waals surface area contributed by atoms with Crippen LogP contribution < -0.4 is 21.3 Å². The molecule has 8 nitrogen and oxygen atoms in total. The summed E-state index contributed by atoms with van der Waals surface area (Å²) >= 11 is 0. The van der Waals surface area contributed by atoms with Gasteiger partial charge in [-0.15, -0.1) is 0 Å². The van der Waals surface area contributed by atoms with Gasteiger partial charge in [0, 0.05) is 19.0 Å². The predicted octanol–water partition coefficient (Wildman–Crippen LogP) is 3.21. The van der Waals surface area contributed by atoms with Crippen LogP contribution in [0.1, 0.15) is 12.0 Å². The van der Waals surface area contributed by atoms with Crippen molar-refractivity contribution in [1.29, 1.82) is 0 Å². The van der Waals surface area contributed by atoms with Crippen molar-refractivity contribution in [3.8, 4) is 11.6 Å². The molecule has 0 saturated carbocycles. The topological polar surface area (TPSA) is 106 Å². The molecule has 0 fully saturated rings. The van der Waals surface area contributed by atoms with E-state index < -0.39 is 11.2 Å². The molecule has 2 heterocycles. The minimum atomic E-state index is -0.546. The molecule has 8 heteroatoms. The quantitative estimate of drug-likeness (QED) is 0.502. The predicted molar refractivity (Wildman–Crippen MR) is 118 cm³/mol. The van der Waals surface area contributed by atoms with Crippen molar-refractivity contribution in [3.05, 3.63) is 93.3 Å². The SMILES string of the molecule is Cc1ccc(Oc2ccc(NC(=O)CCn3c(=O)[nH]c(=O)c4ccccc43)cn2)cc1. The van der Waals surface area contributed by atoms with Gasteiger partial charge in [0.25, 0.3) is 5.56 Å². The summed E-state index contributed by atoms with van der Waals surface area (Å²) in [5.41, 5.74) is 1.15. The maximum Gasteiger partial charge on any atom is 0.328 e. The Kier molecular flexibility index (Phi) is 5.61. The zero-order chi connectivity index (χ0) is 21.8. The molecule has 2 aromatic carbocycles. The van der Waals surface area contributed by atoms with Gasteiger partial charge in [-0.05, 0) is 37.3 Å². The van der Waals surface area contributed by atoms with E-state index in [1.807, 2.05) is 31.2 Å². The Bertz CT molecular complexity index is 1340. The number of amides is 1. The van der Waals surface area contributed by atoms with Gasteiger partial charge in [0.2, 0.25) is 11.8 Å². The number of anilines is 1. The zero-order valence-electron chi connectivity index (χ0n) is 16.8. The standard InChI is InChI=1S/C23H20N4O4/c1-15-6-9-17(10-7-15)31-21-11-8-16(14-24-21)25-20(28)12-13-27-19-5-3-2-4-18(19)22(29)26-23(27)30/h2-11,14H,12-13H2,1H3,(H,25,28)(H,26,29,30). The third-order valence-corrected chi connectivity index (χ3v) is 4.73. The van der Waals surface area contributed by atoms with Gasteiger partial charge >= 0.3 is 5.69 Å². The highest BCUT2D eigenvalue weighted by molar-refractivity contribution is 5.90. The number of benzene rings is 2. The van der Waals surface area contributed by atoms with Gasteiger partial charge in [-0.25, -0.2) is 9.78 Å². The van der Waals surface area contributed by atoms with Crippen molar-refractivity contribution < 1.29 is 9.53 Å². The first-order valence-corrected chi connectivity index (χ1v) is 9.72. The number of hydrogen-bond acceptors (Lipinski definition) is 5. The van der Waals surface area contributed by atoms with Crippen LogP contribution in [0.3, 0.4) is 0 Å². The fourth-order valence-corrected chi connectivity index (χ4v) is 3.14. The number of ether oxygens (including phenoxy) is 1. The number of nitrogens with one attached hydrogen (secondary N) is 2. The highest BCUT2D eigenvalue weighted by atomic mass is 16.5. The van der Waals surface area contributed by atoms with Crippen molar-refractivity contribution in [3.63, 3.8) is 0 Å². The minimum Gasteiger partial charge on any atom is -0.439 e. The fourth-order valence-electron chi connectivity index (χ4n) is 3.14. The number of carbonyl (C=O) groups is 1. The number of H-pyrrole nitrogens is 1. The van der Waals surface area contributed by atoms with Crippen LogP contribution in [-0.4, -0.2) is 20.4 Å². The second-order valence-corrected chi connectivity index (χ2v) is 7.03. The molecule has 0 bridgehead atoms. The summed E-state index contributed by atoms with van der Waals surface area (Å²) in [5.74, 6) is 0.803. The van der Waals surface area contributed by atoms with Gasteiger partial charge in [-0.1, -0.05) is 29.8 Å². The van der Waals surface area contributed by atoms with Gasteiger partial charge in [-0.2, -0.15) is 0 Å². The monoisotopic (exact) mass is 416 g/mol. The molecule has 0 atom stereocenters. The number of carbonyl (C=O) groups excluding carboxylic acids is 1. The number of hydrogen-bond donors (Lipinski definition) is 2. The molecule has 31 heavy (non-hydrogen) atoms. The van der Waals surface area contributed by atoms with Crippen LogP contribution in [-0.2, 0) is 11.3 Å².